The van der Waals surface area contributed by atoms with Crippen LogP contribution < -0.4 is 5.32 Å². The van der Waals surface area contributed by atoms with Crippen molar-refractivity contribution in [3.05, 3.63) is 28.2 Å². The van der Waals surface area contributed by atoms with Gasteiger partial charge in [0.25, 0.3) is 0 Å². The largest absolute Gasteiger partial charge is 0.480 e. The molecule has 1 aliphatic carbocycles. The van der Waals surface area contributed by atoms with Gasteiger partial charge in [-0.3, -0.25) is 0 Å². The number of carboxylic acids is 1. The number of nitrogens with zero attached hydrogens (tertiary/aromatic N) is 1. The number of hydrogen-bond donors (Lipinski definition) is 2. The monoisotopic (exact) mass is 336 g/mol. The van der Waals surface area contributed by atoms with Gasteiger partial charge in [0, 0.05) is 4.47 Å². The molecule has 2 unspecified atom stereocenters. The zero-order chi connectivity index (χ0) is 14.8. The minimum Gasteiger partial charge on any atom is -0.480 e. The molecule has 1 aromatic rings. The van der Waals surface area contributed by atoms with Crippen LogP contribution in [0.2, 0.25) is 0 Å². The molecule has 1 fully saturated rings. The lowest BCUT2D eigenvalue weighted by Crippen LogP contribution is -2.49. The van der Waals surface area contributed by atoms with Crippen LogP contribution in [0.3, 0.4) is 0 Å². The topological polar surface area (TPSA) is 73.1 Å². The first kappa shape index (κ1) is 14.9. The smallest absolute Gasteiger partial charge is 0.329 e. The predicted octanol–water partition coefficient (Wildman–Crippen LogP) is 3.77. The van der Waals surface area contributed by atoms with Crippen molar-refractivity contribution in [2.45, 2.75) is 38.1 Å². The van der Waals surface area contributed by atoms with E-state index in [1.54, 1.807) is 12.1 Å². The Morgan fingerprint density at radius 3 is 2.95 bits per heavy atom. The maximum Gasteiger partial charge on any atom is 0.329 e. The van der Waals surface area contributed by atoms with Gasteiger partial charge in [-0.15, -0.1) is 0 Å². The quantitative estimate of drug-likeness (QED) is 0.881. The molecule has 1 aliphatic rings. The minimum atomic E-state index is -0.961. The highest BCUT2D eigenvalue weighted by Crippen LogP contribution is 2.36. The van der Waals surface area contributed by atoms with Gasteiger partial charge < -0.3 is 10.4 Å². The number of aliphatic carboxylic acids is 1. The molecule has 2 rings (SSSR count). The number of carbonyl (C=O) groups is 1. The molecule has 0 aromatic heterocycles. The predicted molar refractivity (Wildman–Crippen MR) is 80.5 cm³/mol. The molecule has 1 saturated carbocycles. The zero-order valence-corrected chi connectivity index (χ0v) is 12.9. The number of anilines is 1. The van der Waals surface area contributed by atoms with Crippen LogP contribution in [0.25, 0.3) is 0 Å². The van der Waals surface area contributed by atoms with Gasteiger partial charge in [-0.2, -0.15) is 5.26 Å². The number of carboxylic acid groups (broad SMARTS) is 1. The molecular weight excluding hydrogens is 320 g/mol. The summed E-state index contributed by atoms with van der Waals surface area (Å²) in [4.78, 5) is 11.7. The number of nitrogens with one attached hydrogen (secondary N) is 1. The normalized spacial score (nSPS) is 25.8. The Kier molecular flexibility index (Phi) is 4.34. The van der Waals surface area contributed by atoms with Crippen molar-refractivity contribution in [1.29, 1.82) is 5.26 Å². The van der Waals surface area contributed by atoms with Gasteiger partial charge in [-0.25, -0.2) is 4.79 Å². The molecular formula is C15H17BrN2O2. The van der Waals surface area contributed by atoms with Crippen molar-refractivity contribution in [3.63, 3.8) is 0 Å². The van der Waals surface area contributed by atoms with Crippen molar-refractivity contribution in [2.75, 3.05) is 5.32 Å². The van der Waals surface area contributed by atoms with Crippen molar-refractivity contribution < 1.29 is 9.90 Å². The zero-order valence-electron chi connectivity index (χ0n) is 11.3. The second kappa shape index (κ2) is 5.84. The summed E-state index contributed by atoms with van der Waals surface area (Å²) >= 11 is 3.32. The van der Waals surface area contributed by atoms with Crippen LogP contribution >= 0.6 is 15.9 Å². The fourth-order valence-corrected chi connectivity index (χ4v) is 3.25. The Labute approximate surface area is 126 Å². The average Bonchev–Trinajstić information content (AvgIpc) is 2.40. The summed E-state index contributed by atoms with van der Waals surface area (Å²) in [6.07, 6.45) is 3.12. The van der Waals surface area contributed by atoms with Crippen LogP contribution in [0.1, 0.15) is 38.2 Å². The van der Waals surface area contributed by atoms with Crippen molar-refractivity contribution >= 4 is 27.6 Å². The molecule has 0 aliphatic heterocycles. The Morgan fingerprint density at radius 1 is 1.60 bits per heavy atom. The molecule has 0 radical (unpaired) electrons. The number of rotatable bonds is 3. The number of hydrogen-bond acceptors (Lipinski definition) is 3. The van der Waals surface area contributed by atoms with Crippen molar-refractivity contribution in [3.8, 4) is 6.07 Å². The standard InChI is InChI=1S/C15H17BrN2O2/c1-10-3-2-6-15(8-10,14(19)20)18-13-5-4-12(16)7-11(13)9-17/h4-5,7,10,18H,2-3,6,8H2,1H3,(H,19,20). The molecule has 0 heterocycles. The molecule has 20 heavy (non-hydrogen) atoms. The SMILES string of the molecule is CC1CCCC(Nc2ccc(Br)cc2C#N)(C(=O)O)C1. The third-order valence-electron chi connectivity index (χ3n) is 3.88. The molecule has 2 N–H and O–H groups in total. The minimum absolute atomic E-state index is 0.369. The Hall–Kier alpha value is -1.54. The second-order valence-corrected chi connectivity index (χ2v) is 6.43. The molecule has 2 atom stereocenters. The summed E-state index contributed by atoms with van der Waals surface area (Å²) in [5.74, 6) is -0.468. The summed E-state index contributed by atoms with van der Waals surface area (Å²) in [5, 5.41) is 21.9. The maximum absolute atomic E-state index is 11.7. The van der Waals surface area contributed by atoms with Gasteiger partial charge in [0.15, 0.2) is 0 Å². The molecule has 1 aromatic carbocycles. The maximum atomic E-state index is 11.7. The van der Waals surface area contributed by atoms with Crippen LogP contribution in [0.15, 0.2) is 22.7 Å². The van der Waals surface area contributed by atoms with Gasteiger partial charge in [0.05, 0.1) is 11.3 Å². The molecule has 0 bridgehead atoms. The first-order valence-corrected chi connectivity index (χ1v) is 7.47. The lowest BCUT2D eigenvalue weighted by molar-refractivity contribution is -0.144. The number of benzene rings is 1. The van der Waals surface area contributed by atoms with E-state index in [4.69, 9.17) is 0 Å². The number of halogens is 1. The van der Waals surface area contributed by atoms with Gasteiger partial charge >= 0.3 is 5.97 Å². The molecule has 0 saturated heterocycles. The van der Waals surface area contributed by atoms with Crippen LogP contribution in [0.5, 0.6) is 0 Å². The average molecular weight is 337 g/mol. The van der Waals surface area contributed by atoms with E-state index in [1.165, 1.54) is 0 Å². The molecule has 0 spiro atoms. The molecule has 5 heteroatoms. The van der Waals surface area contributed by atoms with E-state index in [0.29, 0.717) is 30.0 Å². The van der Waals surface area contributed by atoms with E-state index in [2.05, 4.69) is 34.2 Å². The van der Waals surface area contributed by atoms with Gasteiger partial charge in [-0.1, -0.05) is 35.7 Å². The van der Waals surface area contributed by atoms with Gasteiger partial charge in [0.1, 0.15) is 11.6 Å². The van der Waals surface area contributed by atoms with E-state index in [-0.39, 0.29) is 0 Å². The van der Waals surface area contributed by atoms with E-state index in [9.17, 15) is 15.2 Å². The summed E-state index contributed by atoms with van der Waals surface area (Å²) in [6, 6.07) is 7.37. The van der Waals surface area contributed by atoms with Crippen LogP contribution in [0.4, 0.5) is 5.69 Å². The highest BCUT2D eigenvalue weighted by atomic mass is 79.9. The summed E-state index contributed by atoms with van der Waals surface area (Å²) < 4.78 is 0.806. The molecule has 106 valence electrons. The summed E-state index contributed by atoms with van der Waals surface area (Å²) in [6.45, 7) is 2.07. The Morgan fingerprint density at radius 2 is 2.35 bits per heavy atom. The Balaban J connectivity index is 2.34. The van der Waals surface area contributed by atoms with E-state index >= 15 is 0 Å². The van der Waals surface area contributed by atoms with Crippen LogP contribution in [-0.2, 0) is 4.79 Å². The first-order valence-electron chi connectivity index (χ1n) is 6.68. The van der Waals surface area contributed by atoms with Gasteiger partial charge in [0.2, 0.25) is 0 Å². The van der Waals surface area contributed by atoms with Crippen LogP contribution in [-0.4, -0.2) is 16.6 Å². The third-order valence-corrected chi connectivity index (χ3v) is 4.38. The highest BCUT2D eigenvalue weighted by Gasteiger charge is 2.42. The molecule has 0 amide bonds. The van der Waals surface area contributed by atoms with E-state index in [1.807, 2.05) is 6.07 Å². The number of nitriles is 1. The fraction of sp³-hybridized carbons (Fsp3) is 0.467. The van der Waals surface area contributed by atoms with E-state index < -0.39 is 11.5 Å². The first-order chi connectivity index (χ1) is 9.47. The summed E-state index contributed by atoms with van der Waals surface area (Å²) in [7, 11) is 0. The highest BCUT2D eigenvalue weighted by molar-refractivity contribution is 9.10. The lowest BCUT2D eigenvalue weighted by atomic mass is 9.76. The van der Waals surface area contributed by atoms with Crippen molar-refractivity contribution in [2.24, 2.45) is 5.92 Å². The molecule has 4 nitrogen and oxygen atoms in total. The fourth-order valence-electron chi connectivity index (χ4n) is 2.89. The van der Waals surface area contributed by atoms with Gasteiger partial charge in [-0.05, 0) is 37.0 Å². The lowest BCUT2D eigenvalue weighted by Gasteiger charge is -2.38. The van der Waals surface area contributed by atoms with E-state index in [0.717, 1.165) is 17.3 Å². The Bertz CT molecular complexity index is 567. The summed E-state index contributed by atoms with van der Waals surface area (Å²) in [5.41, 5.74) is 0.0855. The second-order valence-electron chi connectivity index (χ2n) is 5.52. The van der Waals surface area contributed by atoms with Crippen molar-refractivity contribution in [1.82, 2.24) is 0 Å². The van der Waals surface area contributed by atoms with Crippen LogP contribution in [0, 0.1) is 17.2 Å². The third kappa shape index (κ3) is 2.96.